The molecule has 13 heteroatoms. The van der Waals surface area contributed by atoms with Crippen molar-refractivity contribution in [1.82, 2.24) is 29.3 Å². The molecule has 3 aromatic heterocycles. The average Bonchev–Trinajstić information content (AvgIpc) is 3.45. The van der Waals surface area contributed by atoms with Gasteiger partial charge in [-0.15, -0.1) is 5.10 Å². The Balaban J connectivity index is 1.47. The van der Waals surface area contributed by atoms with Gasteiger partial charge in [0, 0.05) is 49.9 Å². The molecule has 4 aromatic rings. The highest BCUT2D eigenvalue weighted by Crippen LogP contribution is 2.45. The summed E-state index contributed by atoms with van der Waals surface area (Å²) in [6.45, 7) is 13.2. The monoisotopic (exact) mass is 662 g/mol. The van der Waals surface area contributed by atoms with Gasteiger partial charge in [-0.3, -0.25) is 9.78 Å². The van der Waals surface area contributed by atoms with Crippen molar-refractivity contribution >= 4 is 27.0 Å². The number of hydrogen-bond acceptors (Lipinski definition) is 10. The van der Waals surface area contributed by atoms with Gasteiger partial charge in [-0.2, -0.15) is 4.31 Å². The second-order valence-electron chi connectivity index (χ2n) is 13.2. The maximum absolute atomic E-state index is 14.3. The number of methoxy groups -OCH3 is 1. The van der Waals surface area contributed by atoms with E-state index in [0.29, 0.717) is 38.3 Å². The predicted octanol–water partition coefficient (Wildman–Crippen LogP) is 4.63. The number of esters is 1. The van der Waals surface area contributed by atoms with Gasteiger partial charge in [0.25, 0.3) is 0 Å². The normalized spacial score (nSPS) is 18.4. The van der Waals surface area contributed by atoms with Crippen LogP contribution in [0.5, 0.6) is 5.88 Å². The quantitative estimate of drug-likeness (QED) is 0.258. The summed E-state index contributed by atoms with van der Waals surface area (Å²) in [6.07, 6.45) is 4.46. The lowest BCUT2D eigenvalue weighted by molar-refractivity contribution is -0.151. The first-order chi connectivity index (χ1) is 22.3. The Hall–Kier alpha value is -3.94. The highest BCUT2D eigenvalue weighted by atomic mass is 32.2. The summed E-state index contributed by atoms with van der Waals surface area (Å²) in [5.41, 5.74) is 4.55. The van der Waals surface area contributed by atoms with Crippen molar-refractivity contribution in [3.8, 4) is 5.88 Å². The van der Waals surface area contributed by atoms with Crippen molar-refractivity contribution in [2.75, 3.05) is 26.9 Å². The summed E-state index contributed by atoms with van der Waals surface area (Å²) < 4.78 is 49.3. The number of ether oxygens (including phenoxy) is 3. The first kappa shape index (κ1) is 33.0. The fourth-order valence-electron chi connectivity index (χ4n) is 6.92. The molecule has 0 radical (unpaired) electrons. The van der Waals surface area contributed by atoms with E-state index in [2.05, 4.69) is 15.3 Å². The number of aromatic nitrogens is 5. The number of carbonyl (C=O) groups excluding carboxylic acids is 1. The SMILES string of the molecule is CCn1nnc2c(C)c(C(c3cnc(C)c(CN4CC5(CCOCC5)Oc5ncc(C)cc5S4(=O)=O)c3)C(C)(C)C(=O)OC)ccc21. The third-order valence-corrected chi connectivity index (χ3v) is 11.5. The molecule has 0 bridgehead atoms. The van der Waals surface area contributed by atoms with Crippen molar-refractivity contribution in [3.05, 3.63) is 70.2 Å². The fraction of sp³-hybridized carbons (Fsp3) is 0.500. The van der Waals surface area contributed by atoms with Gasteiger partial charge in [0.2, 0.25) is 15.9 Å². The lowest BCUT2D eigenvalue weighted by Crippen LogP contribution is -2.50. The molecule has 0 N–H and O–H groups in total. The van der Waals surface area contributed by atoms with E-state index in [1.165, 1.54) is 11.4 Å². The van der Waals surface area contributed by atoms with Gasteiger partial charge in [-0.25, -0.2) is 18.1 Å². The summed E-state index contributed by atoms with van der Waals surface area (Å²) in [6, 6.07) is 7.58. The largest absolute Gasteiger partial charge is 0.469 e. The van der Waals surface area contributed by atoms with E-state index in [9.17, 15) is 13.2 Å². The standard InChI is InChI=1S/C34H42N6O6S/c1-8-40-27-10-9-26(22(3)30(27)37-38-40)29(33(5,6)32(41)44-7)24-16-25(23(4)35-18-24)19-39-20-34(11-13-45-14-12-34)46-31-28(47(39,42)43)15-21(2)17-36-31/h9-10,15-18,29H,8,11-14,19-20H2,1-7H3. The summed E-state index contributed by atoms with van der Waals surface area (Å²) in [5.74, 6) is -0.750. The Morgan fingerprint density at radius 1 is 1.11 bits per heavy atom. The first-order valence-corrected chi connectivity index (χ1v) is 17.4. The van der Waals surface area contributed by atoms with E-state index >= 15 is 0 Å². The number of fused-ring (bicyclic) bond motifs is 2. The van der Waals surface area contributed by atoms with E-state index in [4.69, 9.17) is 19.2 Å². The van der Waals surface area contributed by atoms with Crippen LogP contribution >= 0.6 is 0 Å². The molecule has 1 spiro atoms. The van der Waals surface area contributed by atoms with Crippen molar-refractivity contribution < 1.29 is 27.4 Å². The van der Waals surface area contributed by atoms with Gasteiger partial charge < -0.3 is 14.2 Å². The van der Waals surface area contributed by atoms with E-state index in [1.807, 2.05) is 64.4 Å². The minimum Gasteiger partial charge on any atom is -0.469 e. The molecule has 47 heavy (non-hydrogen) atoms. The zero-order valence-corrected chi connectivity index (χ0v) is 28.8. The van der Waals surface area contributed by atoms with Crippen LogP contribution in [0.3, 0.4) is 0 Å². The Morgan fingerprint density at radius 2 is 1.85 bits per heavy atom. The van der Waals surface area contributed by atoms with Gasteiger partial charge in [-0.1, -0.05) is 17.3 Å². The number of aryl methyl sites for hydroxylation is 4. The van der Waals surface area contributed by atoms with Gasteiger partial charge in [-0.05, 0) is 81.5 Å². The second-order valence-corrected chi connectivity index (χ2v) is 15.1. The zero-order valence-electron chi connectivity index (χ0n) is 28.0. The molecule has 12 nitrogen and oxygen atoms in total. The Bertz CT molecular complexity index is 1950. The lowest BCUT2D eigenvalue weighted by Gasteiger charge is -2.38. The van der Waals surface area contributed by atoms with Crippen LogP contribution in [0.2, 0.25) is 0 Å². The smallest absolute Gasteiger partial charge is 0.312 e. The van der Waals surface area contributed by atoms with Gasteiger partial charge in [0.15, 0.2) is 0 Å². The van der Waals surface area contributed by atoms with Crippen molar-refractivity contribution in [3.63, 3.8) is 0 Å². The summed E-state index contributed by atoms with van der Waals surface area (Å²) in [5, 5.41) is 8.76. The molecule has 250 valence electrons. The number of pyridine rings is 2. The fourth-order valence-corrected chi connectivity index (χ4v) is 8.56. The van der Waals surface area contributed by atoms with E-state index < -0.39 is 27.0 Å². The van der Waals surface area contributed by atoms with E-state index in [1.54, 1.807) is 18.5 Å². The highest BCUT2D eigenvalue weighted by molar-refractivity contribution is 7.89. The number of benzene rings is 1. The van der Waals surface area contributed by atoms with Gasteiger partial charge >= 0.3 is 5.97 Å². The van der Waals surface area contributed by atoms with Crippen molar-refractivity contribution in [2.24, 2.45) is 5.41 Å². The van der Waals surface area contributed by atoms with Crippen molar-refractivity contribution in [1.29, 1.82) is 0 Å². The minimum absolute atomic E-state index is 0.0522. The number of nitrogens with zero attached hydrogens (tertiary/aromatic N) is 6. The van der Waals surface area contributed by atoms with Crippen LogP contribution in [-0.4, -0.2) is 76.1 Å². The summed E-state index contributed by atoms with van der Waals surface area (Å²) in [4.78, 5) is 22.6. The molecule has 0 saturated carbocycles. The maximum Gasteiger partial charge on any atom is 0.312 e. The number of sulfonamides is 1. The van der Waals surface area contributed by atoms with Crippen LogP contribution in [0.4, 0.5) is 0 Å². The van der Waals surface area contributed by atoms with Gasteiger partial charge in [0.1, 0.15) is 16.0 Å². The van der Waals surface area contributed by atoms with E-state index in [0.717, 1.165) is 38.9 Å². The maximum atomic E-state index is 14.3. The molecule has 1 fully saturated rings. The number of carbonyl (C=O) groups is 1. The van der Waals surface area contributed by atoms with Crippen LogP contribution < -0.4 is 4.74 Å². The molecule has 0 amide bonds. The second kappa shape index (κ2) is 12.3. The van der Waals surface area contributed by atoms with Crippen LogP contribution in [0.15, 0.2) is 41.6 Å². The van der Waals surface area contributed by atoms with Crippen LogP contribution in [0.1, 0.15) is 73.0 Å². The van der Waals surface area contributed by atoms with Gasteiger partial charge in [0.05, 0.1) is 37.8 Å². The molecule has 1 aromatic carbocycles. The van der Waals surface area contributed by atoms with Crippen LogP contribution in [0, 0.1) is 26.2 Å². The molecule has 1 saturated heterocycles. The molecule has 5 heterocycles. The first-order valence-electron chi connectivity index (χ1n) is 15.9. The molecule has 2 aliphatic heterocycles. The number of hydrogen-bond donors (Lipinski definition) is 0. The minimum atomic E-state index is -4.01. The molecular weight excluding hydrogens is 620 g/mol. The Kier molecular flexibility index (Phi) is 8.60. The topological polar surface area (TPSA) is 139 Å². The Morgan fingerprint density at radius 3 is 2.55 bits per heavy atom. The molecule has 1 atom stereocenters. The molecular formula is C34H42N6O6S. The Labute approximate surface area is 275 Å². The zero-order chi connectivity index (χ0) is 33.7. The van der Waals surface area contributed by atoms with Crippen LogP contribution in [0.25, 0.3) is 11.0 Å². The third kappa shape index (κ3) is 5.78. The van der Waals surface area contributed by atoms with E-state index in [-0.39, 0.29) is 29.8 Å². The number of rotatable bonds is 7. The third-order valence-electron chi connectivity index (χ3n) is 9.67. The average molecular weight is 663 g/mol. The van der Waals surface area contributed by atoms with Crippen molar-refractivity contribution in [2.45, 2.75) is 83.9 Å². The molecule has 1 unspecified atom stereocenters. The molecule has 2 aliphatic rings. The predicted molar refractivity (Wildman–Crippen MR) is 175 cm³/mol. The van der Waals surface area contributed by atoms with Crippen LogP contribution in [-0.2, 0) is 37.4 Å². The lowest BCUT2D eigenvalue weighted by atomic mass is 9.70. The molecule has 0 aliphatic carbocycles. The summed E-state index contributed by atoms with van der Waals surface area (Å²) >= 11 is 0. The summed E-state index contributed by atoms with van der Waals surface area (Å²) in [7, 11) is -2.62. The molecule has 6 rings (SSSR count). The highest BCUT2D eigenvalue weighted by Gasteiger charge is 2.46.